The van der Waals surface area contributed by atoms with Crippen molar-refractivity contribution in [2.24, 2.45) is 0 Å². The van der Waals surface area contributed by atoms with Crippen LogP contribution in [0.5, 0.6) is 5.75 Å². The molecule has 0 aliphatic rings. The number of carbonyl (C=O) groups is 1. The maximum atomic E-state index is 10.6. The van der Waals surface area contributed by atoms with Crippen molar-refractivity contribution in [3.8, 4) is 5.75 Å². The fourth-order valence-corrected chi connectivity index (χ4v) is 4.32. The first-order valence-electron chi connectivity index (χ1n) is 8.81. The molecule has 0 amide bonds. The van der Waals surface area contributed by atoms with Crippen LogP contribution in [0.2, 0.25) is 5.02 Å². The molecule has 0 saturated heterocycles. The number of carboxylic acids is 1. The van der Waals surface area contributed by atoms with Crippen LogP contribution in [0.25, 0.3) is 5.57 Å². The molecular weight excluding hydrogens is 472 g/mol. The number of thioether (sulfide) groups is 1. The van der Waals surface area contributed by atoms with Gasteiger partial charge in [-0.1, -0.05) is 60.1 Å². The molecule has 148 valence electrons. The Labute approximate surface area is 187 Å². The van der Waals surface area contributed by atoms with Crippen LogP contribution in [0, 0.1) is 0 Å². The second kappa shape index (κ2) is 10.5. The largest absolute Gasteiger partial charge is 0.482 e. The van der Waals surface area contributed by atoms with Crippen LogP contribution in [0.1, 0.15) is 11.1 Å². The van der Waals surface area contributed by atoms with Crippen LogP contribution in [0.4, 0.5) is 0 Å². The van der Waals surface area contributed by atoms with Crippen LogP contribution in [0.3, 0.4) is 0 Å². The Balaban J connectivity index is 1.76. The second-order valence-corrected chi connectivity index (χ2v) is 8.43. The van der Waals surface area contributed by atoms with Crippen LogP contribution in [-0.4, -0.2) is 23.4 Å². The molecule has 0 aromatic heterocycles. The summed E-state index contributed by atoms with van der Waals surface area (Å²) in [7, 11) is 0. The van der Waals surface area contributed by atoms with Gasteiger partial charge in [0.05, 0.1) is 0 Å². The molecule has 6 heteroatoms. The Morgan fingerprint density at radius 2 is 1.72 bits per heavy atom. The van der Waals surface area contributed by atoms with Crippen molar-refractivity contribution in [1.29, 1.82) is 0 Å². The van der Waals surface area contributed by atoms with Gasteiger partial charge in [-0.25, -0.2) is 4.79 Å². The van der Waals surface area contributed by atoms with Crippen LogP contribution in [0.15, 0.2) is 88.2 Å². The Hall–Kier alpha value is -2.21. The number of benzene rings is 3. The molecule has 0 saturated carbocycles. The lowest BCUT2D eigenvalue weighted by Gasteiger charge is -2.10. The number of hydrogen-bond acceptors (Lipinski definition) is 3. The van der Waals surface area contributed by atoms with Gasteiger partial charge in [0.25, 0.3) is 0 Å². The van der Waals surface area contributed by atoms with Crippen molar-refractivity contribution in [1.82, 2.24) is 0 Å². The van der Waals surface area contributed by atoms with E-state index in [0.29, 0.717) is 10.8 Å². The molecule has 0 fully saturated rings. The smallest absolute Gasteiger partial charge is 0.341 e. The van der Waals surface area contributed by atoms with Crippen molar-refractivity contribution in [2.75, 3.05) is 12.4 Å². The lowest BCUT2D eigenvalue weighted by Crippen LogP contribution is -2.09. The van der Waals surface area contributed by atoms with Crippen LogP contribution < -0.4 is 4.74 Å². The van der Waals surface area contributed by atoms with E-state index in [2.05, 4.69) is 34.1 Å². The molecule has 0 atom stereocenters. The Morgan fingerprint density at radius 1 is 1.03 bits per heavy atom. The summed E-state index contributed by atoms with van der Waals surface area (Å²) in [5.74, 6) is 0.284. The summed E-state index contributed by atoms with van der Waals surface area (Å²) < 4.78 is 6.08. The highest BCUT2D eigenvalue weighted by molar-refractivity contribution is 9.10. The number of rotatable bonds is 8. The minimum Gasteiger partial charge on any atom is -0.482 e. The Kier molecular flexibility index (Phi) is 7.81. The second-order valence-electron chi connectivity index (χ2n) is 6.08. The number of hydrogen-bond donors (Lipinski definition) is 1. The van der Waals surface area contributed by atoms with Gasteiger partial charge in [0.2, 0.25) is 0 Å². The van der Waals surface area contributed by atoms with Crippen molar-refractivity contribution in [3.63, 3.8) is 0 Å². The number of halogens is 2. The van der Waals surface area contributed by atoms with E-state index >= 15 is 0 Å². The van der Waals surface area contributed by atoms with Crippen molar-refractivity contribution in [2.45, 2.75) is 4.90 Å². The van der Waals surface area contributed by atoms with Gasteiger partial charge in [0.1, 0.15) is 5.75 Å². The third-order valence-electron chi connectivity index (χ3n) is 4.03. The van der Waals surface area contributed by atoms with E-state index in [-0.39, 0.29) is 6.61 Å². The van der Waals surface area contributed by atoms with Crippen LogP contribution >= 0.6 is 39.3 Å². The molecule has 3 rings (SSSR count). The Morgan fingerprint density at radius 3 is 2.38 bits per heavy atom. The van der Waals surface area contributed by atoms with Crippen molar-refractivity contribution in [3.05, 3.63) is 99.5 Å². The molecule has 0 aliphatic heterocycles. The zero-order chi connectivity index (χ0) is 20.6. The molecule has 0 bridgehead atoms. The molecule has 0 radical (unpaired) electrons. The van der Waals surface area contributed by atoms with E-state index in [1.165, 1.54) is 0 Å². The van der Waals surface area contributed by atoms with E-state index in [1.54, 1.807) is 23.9 Å². The Bertz CT molecular complexity index is 1000. The van der Waals surface area contributed by atoms with Gasteiger partial charge < -0.3 is 9.84 Å². The lowest BCUT2D eigenvalue weighted by atomic mass is 9.98. The van der Waals surface area contributed by atoms with Gasteiger partial charge in [-0.2, -0.15) is 0 Å². The quantitative estimate of drug-likeness (QED) is 0.354. The molecule has 3 aromatic rings. The van der Waals surface area contributed by atoms with Crippen molar-refractivity contribution >= 4 is 50.8 Å². The zero-order valence-electron chi connectivity index (χ0n) is 15.3. The van der Waals surface area contributed by atoms with Gasteiger partial charge in [-0.3, -0.25) is 0 Å². The van der Waals surface area contributed by atoms with E-state index in [0.717, 1.165) is 31.8 Å². The predicted octanol–water partition coefficient (Wildman–Crippen LogP) is 6.79. The molecule has 0 unspecified atom stereocenters. The third-order valence-corrected chi connectivity index (χ3v) is 6.20. The van der Waals surface area contributed by atoms with Crippen molar-refractivity contribution < 1.29 is 14.6 Å². The maximum Gasteiger partial charge on any atom is 0.341 e. The lowest BCUT2D eigenvalue weighted by molar-refractivity contribution is -0.139. The third kappa shape index (κ3) is 6.39. The molecule has 1 N–H and O–H groups in total. The highest BCUT2D eigenvalue weighted by atomic mass is 79.9. The fraction of sp³-hybridized carbons (Fsp3) is 0.0870. The molecule has 3 nitrogen and oxygen atoms in total. The fourth-order valence-electron chi connectivity index (χ4n) is 2.70. The normalized spacial score (nSPS) is 11.3. The van der Waals surface area contributed by atoms with E-state index in [4.69, 9.17) is 21.4 Å². The summed E-state index contributed by atoms with van der Waals surface area (Å²) >= 11 is 11.3. The first-order valence-corrected chi connectivity index (χ1v) is 11.0. The molecular formula is C23H18BrClO3S. The SMILES string of the molecule is O=C(O)COc1ccc(SC/C=C(/c2ccccc2)c2ccc(Cl)cc2)c(Br)c1. The van der Waals surface area contributed by atoms with E-state index in [1.807, 2.05) is 48.5 Å². The minimum absolute atomic E-state index is 0.358. The highest BCUT2D eigenvalue weighted by Gasteiger charge is 2.07. The van der Waals surface area contributed by atoms with Gasteiger partial charge in [-0.15, -0.1) is 11.8 Å². The predicted molar refractivity (Wildman–Crippen MR) is 123 cm³/mol. The summed E-state index contributed by atoms with van der Waals surface area (Å²) in [5.41, 5.74) is 3.40. The average molecular weight is 490 g/mol. The van der Waals surface area contributed by atoms with E-state index in [9.17, 15) is 4.79 Å². The summed E-state index contributed by atoms with van der Waals surface area (Å²) in [6.07, 6.45) is 2.20. The first-order chi connectivity index (χ1) is 14.0. The monoisotopic (exact) mass is 488 g/mol. The molecule has 0 heterocycles. The highest BCUT2D eigenvalue weighted by Crippen LogP contribution is 2.32. The minimum atomic E-state index is -1.000. The topological polar surface area (TPSA) is 46.5 Å². The van der Waals surface area contributed by atoms with E-state index < -0.39 is 5.97 Å². The average Bonchev–Trinajstić information content (AvgIpc) is 2.72. The molecule has 3 aromatic carbocycles. The summed E-state index contributed by atoms with van der Waals surface area (Å²) in [4.78, 5) is 11.7. The molecule has 29 heavy (non-hydrogen) atoms. The van der Waals surface area contributed by atoms with Gasteiger partial charge in [0.15, 0.2) is 6.61 Å². The van der Waals surface area contributed by atoms with Crippen LogP contribution in [-0.2, 0) is 4.79 Å². The van der Waals surface area contributed by atoms with Gasteiger partial charge in [0, 0.05) is 20.1 Å². The molecule has 0 aliphatic carbocycles. The molecule has 0 spiro atoms. The maximum absolute atomic E-state index is 10.6. The first kappa shape index (κ1) is 21.5. The summed E-state index contributed by atoms with van der Waals surface area (Å²) in [5, 5.41) is 9.43. The number of carboxylic acid groups (broad SMARTS) is 1. The van der Waals surface area contributed by atoms with Gasteiger partial charge >= 0.3 is 5.97 Å². The summed E-state index contributed by atoms with van der Waals surface area (Å²) in [6, 6.07) is 23.6. The van der Waals surface area contributed by atoms with Gasteiger partial charge in [-0.05, 0) is 63.0 Å². The summed E-state index contributed by atoms with van der Waals surface area (Å²) in [6.45, 7) is -0.358. The standard InChI is InChI=1S/C23H18BrClO3S/c24-21-14-19(28-15-23(26)27)10-11-22(21)29-13-12-20(16-4-2-1-3-5-16)17-6-8-18(25)9-7-17/h1-12,14H,13,15H2,(H,26,27)/b20-12-. The zero-order valence-corrected chi connectivity index (χ0v) is 18.5. The number of ether oxygens (including phenoxy) is 1. The number of aliphatic carboxylic acids is 1.